The van der Waals surface area contributed by atoms with Gasteiger partial charge in [0.05, 0.1) is 0 Å². The molecule has 0 aliphatic heterocycles. The highest BCUT2D eigenvalue weighted by atomic mass is 79.9. The van der Waals surface area contributed by atoms with Crippen molar-refractivity contribution < 1.29 is 0 Å². The van der Waals surface area contributed by atoms with Gasteiger partial charge in [-0.25, -0.2) is 0 Å². The molecule has 0 aliphatic rings. The lowest BCUT2D eigenvalue weighted by atomic mass is 9.96. The fourth-order valence-corrected chi connectivity index (χ4v) is 6.85. The van der Waals surface area contributed by atoms with Crippen molar-refractivity contribution in [1.82, 2.24) is 0 Å². The first-order valence-corrected chi connectivity index (χ1v) is 18.1. The Hall–Kier alpha value is -6.10. The molecule has 8 rings (SSSR count). The molecule has 52 heavy (non-hydrogen) atoms. The zero-order valence-electron chi connectivity index (χ0n) is 28.5. The van der Waals surface area contributed by atoms with Crippen LogP contribution >= 0.6 is 15.9 Å². The van der Waals surface area contributed by atoms with E-state index in [4.69, 9.17) is 7.85 Å². The van der Waals surface area contributed by atoms with E-state index in [1.807, 2.05) is 24.3 Å². The van der Waals surface area contributed by atoms with Crippen LogP contribution in [0.5, 0.6) is 0 Å². The van der Waals surface area contributed by atoms with Crippen LogP contribution in [0.1, 0.15) is 0 Å². The minimum Gasteiger partial charge on any atom is -0.311 e. The van der Waals surface area contributed by atoms with Gasteiger partial charge >= 0.3 is 0 Å². The molecule has 8 aromatic carbocycles. The topological polar surface area (TPSA) is 6.48 Å². The van der Waals surface area contributed by atoms with Crippen LogP contribution in [-0.2, 0) is 0 Å². The maximum atomic E-state index is 6.08. The molecule has 2 radical (unpaired) electrons. The van der Waals surface area contributed by atoms with E-state index < -0.39 is 0 Å². The van der Waals surface area contributed by atoms with Crippen LogP contribution in [-0.4, -0.2) is 7.85 Å². The second kappa shape index (κ2) is 15.0. The van der Waals surface area contributed by atoms with Crippen LogP contribution in [0.25, 0.3) is 33.4 Å². The summed E-state index contributed by atoms with van der Waals surface area (Å²) in [5.74, 6) is 0. The normalized spacial score (nSPS) is 10.9. The number of halogens is 1. The first-order valence-electron chi connectivity index (χ1n) is 17.3. The van der Waals surface area contributed by atoms with Crippen molar-refractivity contribution in [1.29, 1.82) is 0 Å². The Morgan fingerprint density at radius 3 is 0.788 bits per heavy atom. The van der Waals surface area contributed by atoms with Gasteiger partial charge in [0.25, 0.3) is 0 Å². The average Bonchev–Trinajstić information content (AvgIpc) is 3.21. The highest BCUT2D eigenvalue weighted by Crippen LogP contribution is 2.39. The molecule has 0 bridgehead atoms. The smallest absolute Gasteiger partial charge is 0.113 e. The molecule has 0 fully saturated rings. The van der Waals surface area contributed by atoms with E-state index in [9.17, 15) is 0 Å². The molecule has 0 N–H and O–H groups in total. The standard InChI is InChI=1S/C48H34BBrN2/c49-41-19-31-47(32-20-41)51(43-23-11-37(12-24-43)35-7-3-1-4-8-35)44-27-15-39(16-28-44)40-17-29-46(30-18-40)52(48-33-21-42(50)22-34-48)45-25-13-38(14-26-45)36-9-5-2-6-10-36/h1-34H. The highest BCUT2D eigenvalue weighted by Gasteiger charge is 2.15. The van der Waals surface area contributed by atoms with E-state index in [0.717, 1.165) is 55.2 Å². The minimum absolute atomic E-state index is 0.741. The van der Waals surface area contributed by atoms with Crippen LogP contribution < -0.4 is 15.3 Å². The molecule has 0 amide bonds. The Balaban J connectivity index is 1.09. The predicted molar refractivity (Wildman–Crippen MR) is 225 cm³/mol. The lowest BCUT2D eigenvalue weighted by Gasteiger charge is -2.26. The van der Waals surface area contributed by atoms with Crippen molar-refractivity contribution >= 4 is 63.4 Å². The zero-order chi connectivity index (χ0) is 35.3. The molecule has 0 atom stereocenters. The van der Waals surface area contributed by atoms with Gasteiger partial charge in [0.15, 0.2) is 0 Å². The van der Waals surface area contributed by atoms with Crippen molar-refractivity contribution in [3.8, 4) is 33.4 Å². The molecule has 8 aromatic rings. The van der Waals surface area contributed by atoms with Crippen LogP contribution in [0.3, 0.4) is 0 Å². The third-order valence-corrected chi connectivity index (χ3v) is 9.81. The van der Waals surface area contributed by atoms with Gasteiger partial charge in [-0.1, -0.05) is 143 Å². The van der Waals surface area contributed by atoms with Gasteiger partial charge in [0.2, 0.25) is 0 Å². The van der Waals surface area contributed by atoms with E-state index >= 15 is 0 Å². The second-order valence-corrected chi connectivity index (χ2v) is 13.6. The summed E-state index contributed by atoms with van der Waals surface area (Å²) in [5.41, 5.74) is 14.3. The third kappa shape index (κ3) is 7.21. The molecular formula is C48H34BBrN2. The van der Waals surface area contributed by atoms with Crippen molar-refractivity contribution in [3.05, 3.63) is 211 Å². The molecule has 246 valence electrons. The number of nitrogens with zero attached hydrogens (tertiary/aromatic N) is 2. The summed E-state index contributed by atoms with van der Waals surface area (Å²) in [4.78, 5) is 4.56. The SMILES string of the molecule is [B]c1ccc(N(c2ccc(-c3ccccc3)cc2)c2ccc(-c3ccc(N(c4ccc(Br)cc4)c4ccc(-c5ccccc5)cc4)cc3)cc2)cc1. The van der Waals surface area contributed by atoms with Crippen molar-refractivity contribution in [2.75, 3.05) is 9.80 Å². The summed E-state index contributed by atoms with van der Waals surface area (Å²) in [6.45, 7) is 0. The lowest BCUT2D eigenvalue weighted by molar-refractivity contribution is 1.28. The van der Waals surface area contributed by atoms with Gasteiger partial charge < -0.3 is 9.80 Å². The third-order valence-electron chi connectivity index (χ3n) is 9.29. The number of benzene rings is 8. The van der Waals surface area contributed by atoms with Crippen LogP contribution in [0.2, 0.25) is 0 Å². The maximum absolute atomic E-state index is 6.08. The Bertz CT molecular complexity index is 2190. The summed E-state index contributed by atoms with van der Waals surface area (Å²) in [7, 11) is 6.08. The highest BCUT2D eigenvalue weighted by molar-refractivity contribution is 9.10. The largest absolute Gasteiger partial charge is 0.311 e. The zero-order valence-corrected chi connectivity index (χ0v) is 30.1. The Labute approximate surface area is 315 Å². The first kappa shape index (κ1) is 33.1. The van der Waals surface area contributed by atoms with Gasteiger partial charge in [0, 0.05) is 38.6 Å². The molecule has 0 spiro atoms. The van der Waals surface area contributed by atoms with E-state index in [2.05, 4.69) is 208 Å². The van der Waals surface area contributed by atoms with Gasteiger partial charge in [-0.15, -0.1) is 0 Å². The van der Waals surface area contributed by atoms with Crippen LogP contribution in [0.15, 0.2) is 211 Å². The van der Waals surface area contributed by atoms with E-state index in [-0.39, 0.29) is 0 Å². The monoisotopic (exact) mass is 728 g/mol. The van der Waals surface area contributed by atoms with Crippen molar-refractivity contribution in [2.45, 2.75) is 0 Å². The molecule has 0 aliphatic carbocycles. The molecule has 4 heteroatoms. The molecule has 0 heterocycles. The predicted octanol–water partition coefficient (Wildman–Crippen LogP) is 13.2. The van der Waals surface area contributed by atoms with Gasteiger partial charge in [-0.3, -0.25) is 0 Å². The van der Waals surface area contributed by atoms with E-state index in [0.29, 0.717) is 0 Å². The lowest BCUT2D eigenvalue weighted by Crippen LogP contribution is -2.11. The first-order chi connectivity index (χ1) is 25.6. The summed E-state index contributed by atoms with van der Waals surface area (Å²) in [6.07, 6.45) is 0. The summed E-state index contributed by atoms with van der Waals surface area (Å²) in [6, 6.07) is 72.5. The van der Waals surface area contributed by atoms with E-state index in [1.165, 1.54) is 22.3 Å². The number of anilines is 6. The van der Waals surface area contributed by atoms with Gasteiger partial charge in [-0.05, 0) is 118 Å². The fourth-order valence-electron chi connectivity index (χ4n) is 6.58. The summed E-state index contributed by atoms with van der Waals surface area (Å²) in [5, 5.41) is 0. The Morgan fingerprint density at radius 2 is 0.500 bits per heavy atom. The molecule has 0 saturated heterocycles. The van der Waals surface area contributed by atoms with Crippen LogP contribution in [0, 0.1) is 0 Å². The van der Waals surface area contributed by atoms with Gasteiger partial charge in [0.1, 0.15) is 7.85 Å². The Kier molecular flexibility index (Phi) is 9.56. The average molecular weight is 730 g/mol. The minimum atomic E-state index is 0.741. The van der Waals surface area contributed by atoms with Crippen LogP contribution in [0.4, 0.5) is 34.1 Å². The summed E-state index contributed by atoms with van der Waals surface area (Å²) >= 11 is 3.61. The number of hydrogen-bond acceptors (Lipinski definition) is 2. The van der Waals surface area contributed by atoms with Crippen molar-refractivity contribution in [2.24, 2.45) is 0 Å². The van der Waals surface area contributed by atoms with Crippen molar-refractivity contribution in [3.63, 3.8) is 0 Å². The molecular weight excluding hydrogens is 695 g/mol. The quantitative estimate of drug-likeness (QED) is 0.137. The molecule has 0 unspecified atom stereocenters. The van der Waals surface area contributed by atoms with Gasteiger partial charge in [-0.2, -0.15) is 0 Å². The van der Waals surface area contributed by atoms with E-state index in [1.54, 1.807) is 0 Å². The summed E-state index contributed by atoms with van der Waals surface area (Å²) < 4.78 is 1.05. The fraction of sp³-hybridized carbons (Fsp3) is 0. The Morgan fingerprint density at radius 1 is 0.269 bits per heavy atom. The molecule has 0 aromatic heterocycles. The number of hydrogen-bond donors (Lipinski definition) is 0. The number of rotatable bonds is 9. The molecule has 2 nitrogen and oxygen atoms in total. The maximum Gasteiger partial charge on any atom is 0.113 e. The molecule has 0 saturated carbocycles. The second-order valence-electron chi connectivity index (χ2n) is 12.7.